The molecule has 0 aliphatic heterocycles. The third kappa shape index (κ3) is 5.27. The van der Waals surface area contributed by atoms with Crippen LogP contribution in [-0.4, -0.2) is 10.8 Å². The predicted octanol–water partition coefficient (Wildman–Crippen LogP) is 9.03. The van der Waals surface area contributed by atoms with Crippen molar-refractivity contribution in [2.45, 2.75) is 51.6 Å². The Morgan fingerprint density at radius 2 is 1.33 bits per heavy atom. The van der Waals surface area contributed by atoms with Crippen LogP contribution in [0.2, 0.25) is 0 Å². The number of rotatable bonds is 5. The Kier molecular flexibility index (Phi) is 8.89. The first-order valence-electron chi connectivity index (χ1n) is 12.3. The molecule has 5 rings (SSSR count). The fourth-order valence-corrected chi connectivity index (χ4v) is 5.21. The molecule has 0 saturated carbocycles. The molecule has 0 amide bonds. The summed E-state index contributed by atoms with van der Waals surface area (Å²) in [5, 5.41) is 14.7. The van der Waals surface area contributed by atoms with E-state index < -0.39 is 26.4 Å². The molecule has 0 fully saturated rings. The van der Waals surface area contributed by atoms with E-state index in [0.717, 1.165) is 38.9 Å². The number of benzene rings is 4. The second-order valence-corrected chi connectivity index (χ2v) is 13.6. The first-order chi connectivity index (χ1) is 17.3. The number of aliphatic hydroxyl groups is 1. The molecule has 4 aromatic carbocycles. The normalized spacial score (nSPS) is 17.5. The van der Waals surface area contributed by atoms with Crippen molar-refractivity contribution in [2.75, 3.05) is 0 Å². The quantitative estimate of drug-likeness (QED) is 0.245. The van der Waals surface area contributed by atoms with Gasteiger partial charge in [0.05, 0.1) is 11.4 Å². The molecule has 2 nitrogen and oxygen atoms in total. The zero-order valence-electron chi connectivity index (χ0n) is 21.1. The van der Waals surface area contributed by atoms with Gasteiger partial charge in [-0.3, -0.25) is 0 Å². The fraction of sp³-hybridized carbons (Fsp3) is 0.258. The van der Waals surface area contributed by atoms with E-state index in [2.05, 4.69) is 88.4 Å². The summed E-state index contributed by atoms with van der Waals surface area (Å²) >= 11 is -0.826. The van der Waals surface area contributed by atoms with E-state index in [1.807, 2.05) is 24.3 Å². The summed E-state index contributed by atoms with van der Waals surface area (Å²) in [6.45, 7) is 8.85. The Labute approximate surface area is 233 Å². The number of nitrogens with zero attached hydrogens (tertiary/aromatic N) is 1. The molecule has 1 aliphatic rings. The Bertz CT molecular complexity index is 1350. The predicted molar refractivity (Wildman–Crippen MR) is 151 cm³/mol. The maximum atomic E-state index is 12.4. The van der Waals surface area contributed by atoms with Gasteiger partial charge in [-0.05, 0) is 44.9 Å². The maximum absolute atomic E-state index is 12.4. The molecule has 1 aliphatic carbocycles. The van der Waals surface area contributed by atoms with Gasteiger partial charge in [-0.2, -0.15) is 0 Å². The van der Waals surface area contributed by atoms with Crippen LogP contribution in [0, 0.1) is 0 Å². The van der Waals surface area contributed by atoms with Gasteiger partial charge in [0.25, 0.3) is 0 Å². The summed E-state index contributed by atoms with van der Waals surface area (Å²) in [4.78, 5) is 5.36. The number of aliphatic imine (C=N–C) groups is 1. The molecule has 5 heteroatoms. The van der Waals surface area contributed by atoms with E-state index in [9.17, 15) is 5.11 Å². The molecule has 0 heterocycles. The average molecular weight is 596 g/mol. The summed E-state index contributed by atoms with van der Waals surface area (Å²) in [5.74, 6) is 0.676. The number of hydrogen-bond acceptors (Lipinski definition) is 2. The molecule has 184 valence electrons. The van der Waals surface area contributed by atoms with Crippen LogP contribution in [0.1, 0.15) is 67.3 Å². The molecule has 4 aromatic rings. The first-order valence-corrected chi connectivity index (χ1v) is 18.6. The van der Waals surface area contributed by atoms with E-state index in [4.69, 9.17) is 22.0 Å². The van der Waals surface area contributed by atoms with Crippen LogP contribution in [-0.2, 0) is 32.9 Å². The minimum atomic E-state index is -1.19. The number of para-hydroxylation sites is 1. The zero-order chi connectivity index (χ0) is 25.9. The molecule has 0 saturated heterocycles. The van der Waals surface area contributed by atoms with Crippen LogP contribution in [0.4, 0.5) is 5.69 Å². The monoisotopic (exact) mass is 593 g/mol. The molecule has 1 unspecified atom stereocenters. The SMILES string of the molecule is CC(C)c1cccc(C(C)C)c1N=C1c2cccc3cccc(c23)C1(O)Cc1ccccc1.[Cl][Zr][Cl]. The van der Waals surface area contributed by atoms with Crippen LogP contribution >= 0.6 is 17.0 Å². The fourth-order valence-electron chi connectivity index (χ4n) is 5.21. The van der Waals surface area contributed by atoms with Gasteiger partial charge >= 0.3 is 37.9 Å². The molecule has 1 N–H and O–H groups in total. The van der Waals surface area contributed by atoms with Gasteiger partial charge in [0.15, 0.2) is 0 Å². The van der Waals surface area contributed by atoms with Gasteiger partial charge in [0, 0.05) is 12.0 Å². The molecule has 0 aromatic heterocycles. The average Bonchev–Trinajstić information content (AvgIpc) is 3.09. The topological polar surface area (TPSA) is 32.6 Å². The third-order valence-electron chi connectivity index (χ3n) is 6.87. The van der Waals surface area contributed by atoms with Gasteiger partial charge in [-0.15, -0.1) is 0 Å². The first kappa shape index (κ1) is 27.3. The van der Waals surface area contributed by atoms with E-state index in [1.165, 1.54) is 11.1 Å². The van der Waals surface area contributed by atoms with Crippen molar-refractivity contribution < 1.29 is 26.0 Å². The van der Waals surface area contributed by atoms with E-state index in [1.54, 1.807) is 0 Å². The summed E-state index contributed by atoms with van der Waals surface area (Å²) in [6, 6.07) is 29.3. The third-order valence-corrected chi connectivity index (χ3v) is 6.87. The van der Waals surface area contributed by atoms with Gasteiger partial charge in [-0.1, -0.05) is 113 Å². The standard InChI is InChI=1S/C31H31NO.2ClH.Zr/c1-20(2)24-15-10-16-25(21(3)4)29(24)32-30-26-17-8-13-23-14-9-18-27(28(23)26)31(30,33)19-22-11-6-5-7-12-22;;;/h5-18,20-21,33H,19H2,1-4H3;2*1H;/q;;;+2/p-2. The van der Waals surface area contributed by atoms with Crippen LogP contribution < -0.4 is 0 Å². The van der Waals surface area contributed by atoms with Gasteiger partial charge < -0.3 is 5.11 Å². The minimum absolute atomic E-state index is 0.338. The van der Waals surface area contributed by atoms with Gasteiger partial charge in [0.2, 0.25) is 0 Å². The summed E-state index contributed by atoms with van der Waals surface area (Å²) in [6.07, 6.45) is 0.487. The van der Waals surface area contributed by atoms with Crippen molar-refractivity contribution in [3.8, 4) is 0 Å². The van der Waals surface area contributed by atoms with Crippen molar-refractivity contribution in [3.05, 3.63) is 113 Å². The number of hydrogen-bond donors (Lipinski definition) is 1. The van der Waals surface area contributed by atoms with Crippen molar-refractivity contribution in [1.82, 2.24) is 0 Å². The molecular weight excluding hydrogens is 564 g/mol. The van der Waals surface area contributed by atoms with Crippen molar-refractivity contribution in [1.29, 1.82) is 0 Å². The zero-order valence-corrected chi connectivity index (χ0v) is 25.1. The second kappa shape index (κ2) is 11.7. The van der Waals surface area contributed by atoms with Crippen molar-refractivity contribution >= 4 is 39.2 Å². The Balaban J connectivity index is 0.000000967. The molecule has 0 spiro atoms. The van der Waals surface area contributed by atoms with Crippen LogP contribution in [0.25, 0.3) is 10.8 Å². The summed E-state index contributed by atoms with van der Waals surface area (Å²) in [7, 11) is 9.87. The van der Waals surface area contributed by atoms with Crippen molar-refractivity contribution in [2.24, 2.45) is 4.99 Å². The van der Waals surface area contributed by atoms with Crippen molar-refractivity contribution in [3.63, 3.8) is 0 Å². The van der Waals surface area contributed by atoms with Crippen LogP contribution in [0.5, 0.6) is 0 Å². The summed E-state index contributed by atoms with van der Waals surface area (Å²) in [5.41, 5.74) is 6.10. The Morgan fingerprint density at radius 3 is 1.92 bits per heavy atom. The molecule has 36 heavy (non-hydrogen) atoms. The Hall–Kier alpha value is -1.77. The van der Waals surface area contributed by atoms with Gasteiger partial charge in [0.1, 0.15) is 5.60 Å². The molecular formula is C31H31Cl2NOZr. The number of halogens is 2. The van der Waals surface area contributed by atoms with Gasteiger partial charge in [-0.25, -0.2) is 4.99 Å². The van der Waals surface area contributed by atoms with E-state index in [0.29, 0.717) is 18.3 Å². The molecule has 0 radical (unpaired) electrons. The molecule has 0 bridgehead atoms. The Morgan fingerprint density at radius 1 is 0.778 bits per heavy atom. The second-order valence-electron chi connectivity index (χ2n) is 9.86. The van der Waals surface area contributed by atoms with E-state index >= 15 is 0 Å². The molecule has 1 atom stereocenters. The van der Waals surface area contributed by atoms with E-state index in [-0.39, 0.29) is 0 Å². The summed E-state index contributed by atoms with van der Waals surface area (Å²) < 4.78 is 0. The van der Waals surface area contributed by atoms with Crippen LogP contribution in [0.3, 0.4) is 0 Å². The van der Waals surface area contributed by atoms with Crippen LogP contribution in [0.15, 0.2) is 89.9 Å².